The topological polar surface area (TPSA) is 52.4 Å². The van der Waals surface area contributed by atoms with Crippen LogP contribution in [-0.4, -0.2) is 4.92 Å². The number of rotatable bonds is 5. The van der Waals surface area contributed by atoms with Gasteiger partial charge in [-0.25, -0.2) is 4.39 Å². The highest BCUT2D eigenvalue weighted by Gasteiger charge is 2.16. The quantitative estimate of drug-likeness (QED) is 0.453. The third kappa shape index (κ3) is 3.83. The number of hydrogen-bond acceptors (Lipinski definition) is 3. The van der Waals surface area contributed by atoms with E-state index in [-0.39, 0.29) is 28.9 Å². The highest BCUT2D eigenvalue weighted by molar-refractivity contribution is 6.30. The minimum absolute atomic E-state index is 0.0249. The fourth-order valence-electron chi connectivity index (χ4n) is 1.70. The van der Waals surface area contributed by atoms with Gasteiger partial charge in [-0.2, -0.15) is 0 Å². The Kier molecular flexibility index (Phi) is 4.98. The summed E-state index contributed by atoms with van der Waals surface area (Å²) in [5.74, 6) is -0.235. The van der Waals surface area contributed by atoms with Gasteiger partial charge in [0.05, 0.1) is 9.95 Å². The number of nitro benzene ring substituents is 1. The van der Waals surface area contributed by atoms with Crippen molar-refractivity contribution in [3.05, 3.63) is 68.5 Å². The largest absolute Gasteiger partial charge is 0.482 e. The van der Waals surface area contributed by atoms with Gasteiger partial charge in [-0.3, -0.25) is 10.1 Å². The summed E-state index contributed by atoms with van der Waals surface area (Å²) in [7, 11) is 0. The summed E-state index contributed by atoms with van der Waals surface area (Å²) in [5, 5.41) is 11.0. The lowest BCUT2D eigenvalue weighted by Gasteiger charge is -2.08. The Labute approximate surface area is 130 Å². The summed E-state index contributed by atoms with van der Waals surface area (Å²) in [4.78, 5) is 10.5. The number of ether oxygens (including phenoxy) is 1. The molecule has 0 saturated heterocycles. The molecule has 4 nitrogen and oxygen atoms in total. The van der Waals surface area contributed by atoms with Gasteiger partial charge in [-0.1, -0.05) is 23.7 Å². The van der Waals surface area contributed by atoms with Gasteiger partial charge in [-0.15, -0.1) is 11.6 Å². The molecule has 0 heterocycles. The summed E-state index contributed by atoms with van der Waals surface area (Å²) < 4.78 is 18.5. The Morgan fingerprint density at radius 1 is 1.19 bits per heavy atom. The van der Waals surface area contributed by atoms with Crippen LogP contribution >= 0.6 is 23.2 Å². The molecular weight excluding hydrogens is 320 g/mol. The molecule has 2 aromatic rings. The van der Waals surface area contributed by atoms with E-state index >= 15 is 0 Å². The van der Waals surface area contributed by atoms with Crippen LogP contribution in [0.25, 0.3) is 0 Å². The van der Waals surface area contributed by atoms with E-state index in [4.69, 9.17) is 27.9 Å². The molecule has 0 aliphatic rings. The molecule has 0 unspecified atom stereocenters. The van der Waals surface area contributed by atoms with Crippen LogP contribution < -0.4 is 4.74 Å². The lowest BCUT2D eigenvalue weighted by molar-refractivity contribution is -0.386. The number of nitro groups is 1. The number of alkyl halides is 1. The Hall–Kier alpha value is -1.85. The molecule has 0 aromatic heterocycles. The van der Waals surface area contributed by atoms with Crippen molar-refractivity contribution >= 4 is 28.9 Å². The van der Waals surface area contributed by atoms with Crippen molar-refractivity contribution in [3.63, 3.8) is 0 Å². The normalized spacial score (nSPS) is 10.4. The first kappa shape index (κ1) is 15.5. The average molecular weight is 330 g/mol. The molecule has 0 bridgehead atoms. The third-order valence-electron chi connectivity index (χ3n) is 2.75. The number of benzene rings is 2. The second-order valence-electron chi connectivity index (χ2n) is 4.23. The second kappa shape index (κ2) is 6.74. The van der Waals surface area contributed by atoms with Crippen molar-refractivity contribution in [1.29, 1.82) is 0 Å². The van der Waals surface area contributed by atoms with Crippen LogP contribution in [0.4, 0.5) is 10.1 Å². The van der Waals surface area contributed by atoms with E-state index in [9.17, 15) is 14.5 Å². The molecule has 0 atom stereocenters. The van der Waals surface area contributed by atoms with Crippen molar-refractivity contribution in [2.24, 2.45) is 0 Å². The highest BCUT2D eigenvalue weighted by atomic mass is 35.5. The number of nitrogens with zero attached hydrogens (tertiary/aromatic N) is 1. The van der Waals surface area contributed by atoms with Crippen LogP contribution in [0.3, 0.4) is 0 Å². The van der Waals surface area contributed by atoms with E-state index < -0.39 is 10.7 Å². The smallest absolute Gasteiger partial charge is 0.311 e. The van der Waals surface area contributed by atoms with Crippen LogP contribution in [0, 0.1) is 15.9 Å². The maximum atomic E-state index is 13.0. The van der Waals surface area contributed by atoms with Gasteiger partial charge in [0.2, 0.25) is 0 Å². The minimum Gasteiger partial charge on any atom is -0.482 e. The van der Waals surface area contributed by atoms with Gasteiger partial charge in [0.1, 0.15) is 12.4 Å². The SMILES string of the molecule is O=[N+]([O-])c1cc(CCl)ccc1OCc1ccc(F)c(Cl)c1. The zero-order valence-corrected chi connectivity index (χ0v) is 12.2. The molecule has 0 aliphatic carbocycles. The zero-order chi connectivity index (χ0) is 15.4. The fraction of sp³-hybridized carbons (Fsp3) is 0.143. The van der Waals surface area contributed by atoms with Crippen LogP contribution in [0.15, 0.2) is 36.4 Å². The van der Waals surface area contributed by atoms with Crippen molar-refractivity contribution in [2.45, 2.75) is 12.5 Å². The Balaban J connectivity index is 2.19. The summed E-state index contributed by atoms with van der Waals surface area (Å²) in [6.07, 6.45) is 0. The average Bonchev–Trinajstić information content (AvgIpc) is 2.48. The fourth-order valence-corrected chi connectivity index (χ4v) is 2.07. The standard InChI is InChI=1S/C14H10Cl2FNO3/c15-7-9-2-4-14(13(6-9)18(19)20)21-8-10-1-3-12(17)11(16)5-10/h1-6H,7-8H2. The molecule has 0 spiro atoms. The van der Waals surface area contributed by atoms with Crippen molar-refractivity contribution < 1.29 is 14.1 Å². The lowest BCUT2D eigenvalue weighted by Crippen LogP contribution is -2.00. The van der Waals surface area contributed by atoms with E-state index in [1.54, 1.807) is 6.07 Å². The van der Waals surface area contributed by atoms with Crippen molar-refractivity contribution in [2.75, 3.05) is 0 Å². The Morgan fingerprint density at radius 3 is 2.52 bits per heavy atom. The highest BCUT2D eigenvalue weighted by Crippen LogP contribution is 2.29. The van der Waals surface area contributed by atoms with Gasteiger partial charge in [-0.05, 0) is 29.3 Å². The van der Waals surface area contributed by atoms with Gasteiger partial charge in [0.25, 0.3) is 0 Å². The van der Waals surface area contributed by atoms with Crippen LogP contribution in [0.5, 0.6) is 5.75 Å². The number of hydrogen-bond donors (Lipinski definition) is 0. The van der Waals surface area contributed by atoms with Gasteiger partial charge >= 0.3 is 5.69 Å². The van der Waals surface area contributed by atoms with Crippen LogP contribution in [0.1, 0.15) is 11.1 Å². The molecule has 0 N–H and O–H groups in total. The maximum Gasteiger partial charge on any atom is 0.311 e. The molecule has 2 aromatic carbocycles. The first-order valence-electron chi connectivity index (χ1n) is 5.91. The second-order valence-corrected chi connectivity index (χ2v) is 4.90. The molecule has 0 aliphatic heterocycles. The van der Waals surface area contributed by atoms with E-state index in [0.29, 0.717) is 11.1 Å². The van der Waals surface area contributed by atoms with E-state index in [0.717, 1.165) is 0 Å². The summed E-state index contributed by atoms with van der Waals surface area (Å²) in [5.41, 5.74) is 1.07. The van der Waals surface area contributed by atoms with Crippen LogP contribution in [0.2, 0.25) is 5.02 Å². The first-order chi connectivity index (χ1) is 10.0. The van der Waals surface area contributed by atoms with Crippen LogP contribution in [-0.2, 0) is 12.5 Å². The van der Waals surface area contributed by atoms with Gasteiger partial charge < -0.3 is 4.74 Å². The predicted octanol–water partition coefficient (Wildman–Crippen LogP) is 4.71. The first-order valence-corrected chi connectivity index (χ1v) is 6.82. The lowest BCUT2D eigenvalue weighted by atomic mass is 10.2. The molecule has 0 amide bonds. The van der Waals surface area contributed by atoms with E-state index in [1.165, 1.54) is 30.3 Å². The third-order valence-corrected chi connectivity index (χ3v) is 3.35. The molecule has 2 rings (SSSR count). The van der Waals surface area contributed by atoms with Gasteiger partial charge in [0.15, 0.2) is 5.75 Å². The molecule has 0 saturated carbocycles. The Bertz CT molecular complexity index is 679. The van der Waals surface area contributed by atoms with Crippen molar-refractivity contribution in [1.82, 2.24) is 0 Å². The minimum atomic E-state index is -0.539. The van der Waals surface area contributed by atoms with Gasteiger partial charge in [0, 0.05) is 11.9 Å². The molecular formula is C14H10Cl2FNO3. The monoisotopic (exact) mass is 329 g/mol. The summed E-state index contributed by atoms with van der Waals surface area (Å²) in [6, 6.07) is 8.62. The summed E-state index contributed by atoms with van der Waals surface area (Å²) in [6.45, 7) is 0.0427. The zero-order valence-electron chi connectivity index (χ0n) is 10.7. The number of halogens is 3. The molecule has 7 heteroatoms. The molecule has 0 fully saturated rings. The predicted molar refractivity (Wildman–Crippen MR) is 78.4 cm³/mol. The van der Waals surface area contributed by atoms with Crippen molar-refractivity contribution in [3.8, 4) is 5.75 Å². The molecule has 0 radical (unpaired) electrons. The van der Waals surface area contributed by atoms with E-state index in [1.807, 2.05) is 0 Å². The maximum absolute atomic E-state index is 13.0. The summed E-state index contributed by atoms with van der Waals surface area (Å²) >= 11 is 11.3. The molecule has 110 valence electrons. The van der Waals surface area contributed by atoms with E-state index in [2.05, 4.69) is 0 Å². The molecule has 21 heavy (non-hydrogen) atoms. The Morgan fingerprint density at radius 2 is 1.90 bits per heavy atom.